The van der Waals surface area contributed by atoms with Crippen molar-refractivity contribution in [3.63, 3.8) is 0 Å². The van der Waals surface area contributed by atoms with Gasteiger partial charge in [0.25, 0.3) is 11.5 Å². The summed E-state index contributed by atoms with van der Waals surface area (Å²) >= 11 is 0. The molecule has 0 aliphatic heterocycles. The van der Waals surface area contributed by atoms with Gasteiger partial charge in [0, 0.05) is 18.3 Å². The molecule has 0 aliphatic rings. The van der Waals surface area contributed by atoms with E-state index in [-0.39, 0.29) is 16.6 Å². The molecule has 32 heavy (non-hydrogen) atoms. The van der Waals surface area contributed by atoms with Crippen LogP contribution in [0.1, 0.15) is 46.0 Å². The predicted molar refractivity (Wildman–Crippen MR) is 123 cm³/mol. The minimum Gasteiger partial charge on any atom is -0.309 e. The van der Waals surface area contributed by atoms with Gasteiger partial charge < -0.3 is 4.57 Å². The Hall–Kier alpha value is -4.05. The van der Waals surface area contributed by atoms with Crippen LogP contribution in [0.15, 0.2) is 52.4 Å². The lowest BCUT2D eigenvalue weighted by molar-refractivity contribution is 0.0997. The van der Waals surface area contributed by atoms with E-state index in [1.807, 2.05) is 39.8 Å². The minimum absolute atomic E-state index is 0.162. The van der Waals surface area contributed by atoms with Crippen LogP contribution in [0.25, 0.3) is 16.7 Å². The van der Waals surface area contributed by atoms with Crippen molar-refractivity contribution >= 4 is 22.6 Å². The number of pyridine rings is 2. The molecule has 4 aromatic rings. The van der Waals surface area contributed by atoms with Gasteiger partial charge in [-0.1, -0.05) is 30.2 Å². The molecule has 3 aromatic heterocycles. The number of aryl methyl sites for hydroxylation is 4. The molecule has 0 radical (unpaired) electrons. The molecule has 0 bridgehead atoms. The van der Waals surface area contributed by atoms with Gasteiger partial charge in [0.15, 0.2) is 5.49 Å². The third kappa shape index (κ3) is 3.60. The Morgan fingerprint density at radius 1 is 1.12 bits per heavy atom. The van der Waals surface area contributed by atoms with Crippen LogP contribution in [-0.4, -0.2) is 19.9 Å². The molecular formula is C25H23N5O2. The largest absolute Gasteiger partial charge is 0.309 e. The normalized spacial score (nSPS) is 11.8. The van der Waals surface area contributed by atoms with E-state index in [0.717, 1.165) is 16.7 Å². The third-order valence-electron chi connectivity index (χ3n) is 5.35. The van der Waals surface area contributed by atoms with Crippen LogP contribution in [-0.2, 0) is 6.54 Å². The number of nitriles is 1. The number of amides is 1. The second-order valence-corrected chi connectivity index (χ2v) is 7.98. The molecule has 0 unspecified atom stereocenters. The first-order valence-electron chi connectivity index (χ1n) is 10.5. The number of rotatable bonds is 3. The smallest absolute Gasteiger partial charge is 0.279 e. The van der Waals surface area contributed by atoms with Gasteiger partial charge in [-0.3, -0.25) is 14.0 Å². The van der Waals surface area contributed by atoms with E-state index in [1.54, 1.807) is 29.0 Å². The molecule has 7 heteroatoms. The molecule has 4 rings (SSSR count). The van der Waals surface area contributed by atoms with Crippen molar-refractivity contribution in [2.24, 2.45) is 4.99 Å². The van der Waals surface area contributed by atoms with E-state index >= 15 is 0 Å². The summed E-state index contributed by atoms with van der Waals surface area (Å²) in [5, 5.41) is 10.1. The monoisotopic (exact) mass is 425 g/mol. The number of hydrogen-bond acceptors (Lipinski definition) is 4. The summed E-state index contributed by atoms with van der Waals surface area (Å²) in [7, 11) is 0. The Kier molecular flexibility index (Phi) is 5.45. The molecular weight excluding hydrogens is 402 g/mol. The molecule has 3 heterocycles. The van der Waals surface area contributed by atoms with E-state index < -0.39 is 5.91 Å². The fourth-order valence-corrected chi connectivity index (χ4v) is 3.98. The molecule has 1 amide bonds. The average molecular weight is 425 g/mol. The van der Waals surface area contributed by atoms with Crippen molar-refractivity contribution in [1.29, 1.82) is 5.26 Å². The number of hydrogen-bond donors (Lipinski definition) is 0. The number of aromatic nitrogens is 3. The van der Waals surface area contributed by atoms with Gasteiger partial charge in [-0.2, -0.15) is 10.3 Å². The zero-order valence-corrected chi connectivity index (χ0v) is 18.5. The average Bonchev–Trinajstić information content (AvgIpc) is 2.75. The van der Waals surface area contributed by atoms with Crippen molar-refractivity contribution in [1.82, 2.24) is 14.0 Å². The molecule has 0 saturated carbocycles. The van der Waals surface area contributed by atoms with Crippen molar-refractivity contribution in [3.8, 4) is 6.07 Å². The lowest BCUT2D eigenvalue weighted by atomic mass is 10.1. The van der Waals surface area contributed by atoms with Crippen LogP contribution in [0.5, 0.6) is 0 Å². The fourth-order valence-electron chi connectivity index (χ4n) is 3.98. The SMILES string of the molecule is CCCn1c(=NC(=O)c2cc(C)cc(C)c2)c(C#N)cc2c(=O)n3cccc(C)c3nc21. The summed E-state index contributed by atoms with van der Waals surface area (Å²) in [5.41, 5.74) is 4.29. The number of nitrogens with zero attached hydrogens (tertiary/aromatic N) is 5. The highest BCUT2D eigenvalue weighted by molar-refractivity contribution is 5.95. The van der Waals surface area contributed by atoms with E-state index in [4.69, 9.17) is 4.98 Å². The molecule has 0 fully saturated rings. The third-order valence-corrected chi connectivity index (χ3v) is 5.35. The number of fused-ring (bicyclic) bond motifs is 2. The number of carbonyl (C=O) groups excluding carboxylic acids is 1. The quantitative estimate of drug-likeness (QED) is 0.469. The summed E-state index contributed by atoms with van der Waals surface area (Å²) in [6.45, 7) is 8.16. The van der Waals surface area contributed by atoms with Gasteiger partial charge in [-0.05, 0) is 57.0 Å². The number of carbonyl (C=O) groups is 1. The van der Waals surface area contributed by atoms with Gasteiger partial charge in [0.1, 0.15) is 17.4 Å². The maximum Gasteiger partial charge on any atom is 0.279 e. The van der Waals surface area contributed by atoms with Crippen molar-refractivity contribution in [3.05, 3.63) is 86.3 Å². The summed E-state index contributed by atoms with van der Waals surface area (Å²) in [4.78, 5) is 35.3. The van der Waals surface area contributed by atoms with Crippen LogP contribution >= 0.6 is 0 Å². The minimum atomic E-state index is -0.439. The highest BCUT2D eigenvalue weighted by Crippen LogP contribution is 2.14. The zero-order chi connectivity index (χ0) is 23.0. The second-order valence-electron chi connectivity index (χ2n) is 7.98. The standard InChI is InChI=1S/C25H23N5O2/c1-5-8-29-22(28-24(31)18-11-15(2)10-16(3)12-18)19(14-26)13-20-23(29)27-21-17(4)7-6-9-30(21)25(20)32/h6-7,9-13H,5,8H2,1-4H3. The fraction of sp³-hybridized carbons (Fsp3) is 0.240. The molecule has 1 aromatic carbocycles. The topological polar surface area (TPSA) is 92.5 Å². The van der Waals surface area contributed by atoms with Crippen LogP contribution in [0.2, 0.25) is 0 Å². The molecule has 0 aliphatic carbocycles. The van der Waals surface area contributed by atoms with E-state index in [1.165, 1.54) is 10.5 Å². The van der Waals surface area contributed by atoms with Gasteiger partial charge in [-0.25, -0.2) is 4.98 Å². The zero-order valence-electron chi connectivity index (χ0n) is 18.5. The van der Waals surface area contributed by atoms with Gasteiger partial charge >= 0.3 is 0 Å². The highest BCUT2D eigenvalue weighted by Gasteiger charge is 2.16. The van der Waals surface area contributed by atoms with E-state index in [0.29, 0.717) is 35.2 Å². The second kappa shape index (κ2) is 8.23. The molecule has 160 valence electrons. The lowest BCUT2D eigenvalue weighted by Gasteiger charge is -2.13. The Labute approximate surface area is 184 Å². The van der Waals surface area contributed by atoms with Crippen molar-refractivity contribution < 1.29 is 4.79 Å². The Morgan fingerprint density at radius 3 is 2.50 bits per heavy atom. The van der Waals surface area contributed by atoms with Crippen LogP contribution in [0.3, 0.4) is 0 Å². The molecule has 0 saturated heterocycles. The first-order chi connectivity index (χ1) is 15.3. The first kappa shape index (κ1) is 21.2. The van der Waals surface area contributed by atoms with Gasteiger partial charge in [-0.15, -0.1) is 0 Å². The van der Waals surface area contributed by atoms with Crippen molar-refractivity contribution in [2.75, 3.05) is 0 Å². The first-order valence-corrected chi connectivity index (χ1v) is 10.5. The molecule has 0 spiro atoms. The van der Waals surface area contributed by atoms with E-state index in [2.05, 4.69) is 11.1 Å². The van der Waals surface area contributed by atoms with Crippen LogP contribution in [0.4, 0.5) is 0 Å². The maximum atomic E-state index is 13.2. The van der Waals surface area contributed by atoms with Gasteiger partial charge in [0.05, 0.1) is 10.9 Å². The molecule has 0 N–H and O–H groups in total. The highest BCUT2D eigenvalue weighted by atomic mass is 16.1. The summed E-state index contributed by atoms with van der Waals surface area (Å²) in [6.07, 6.45) is 2.37. The Bertz CT molecular complexity index is 1550. The predicted octanol–water partition coefficient (Wildman–Crippen LogP) is 3.60. The summed E-state index contributed by atoms with van der Waals surface area (Å²) < 4.78 is 3.19. The summed E-state index contributed by atoms with van der Waals surface area (Å²) in [5.74, 6) is -0.439. The maximum absolute atomic E-state index is 13.2. The van der Waals surface area contributed by atoms with E-state index in [9.17, 15) is 14.9 Å². The molecule has 7 nitrogen and oxygen atoms in total. The Morgan fingerprint density at radius 2 is 1.84 bits per heavy atom. The van der Waals surface area contributed by atoms with Crippen LogP contribution in [0, 0.1) is 32.1 Å². The summed E-state index contributed by atoms with van der Waals surface area (Å²) in [6, 6.07) is 12.8. The van der Waals surface area contributed by atoms with Gasteiger partial charge in [0.2, 0.25) is 0 Å². The molecule has 0 atom stereocenters. The lowest BCUT2D eigenvalue weighted by Crippen LogP contribution is -2.29. The van der Waals surface area contributed by atoms with Crippen molar-refractivity contribution in [2.45, 2.75) is 40.7 Å². The number of benzene rings is 1. The van der Waals surface area contributed by atoms with Crippen LogP contribution < -0.4 is 11.0 Å². The Balaban J connectivity index is 2.11.